The third kappa shape index (κ3) is 42.9. The van der Waals surface area contributed by atoms with Crippen LogP contribution in [0.3, 0.4) is 0 Å². The zero-order chi connectivity index (χ0) is 10.6. The minimum absolute atomic E-state index is 0. The van der Waals surface area contributed by atoms with Crippen LogP contribution in [0.15, 0.2) is 18.2 Å². The summed E-state index contributed by atoms with van der Waals surface area (Å²) in [5, 5.41) is 0. The van der Waals surface area contributed by atoms with Crippen LogP contribution in [-0.2, 0) is 23.3 Å². The molecule has 1 N–H and O–H groups in total. The Balaban J connectivity index is -0.0000000151. The monoisotopic (exact) mass is 445 g/mol. The molecule has 0 aromatic heterocycles. The molecule has 142 valence electrons. The second-order valence-electron chi connectivity index (χ2n) is 3.34. The van der Waals surface area contributed by atoms with Gasteiger partial charge in [0.2, 0.25) is 0 Å². The fraction of sp³-hybridized carbons (Fsp3) is 0.412. The third-order valence-electron chi connectivity index (χ3n) is 2.19. The molecule has 2 aliphatic rings. The normalized spacial score (nSPS) is 12.2. The summed E-state index contributed by atoms with van der Waals surface area (Å²) in [5.74, 6) is 0. The molecule has 0 unspecified atom stereocenters. The van der Waals surface area contributed by atoms with Gasteiger partial charge in [0.25, 0.3) is 0 Å². The molecule has 0 atom stereocenters. The van der Waals surface area contributed by atoms with Gasteiger partial charge in [0.1, 0.15) is 0 Å². The molecule has 5 heteroatoms. The van der Waals surface area contributed by atoms with Gasteiger partial charge in [-0.1, -0.05) is 32.1 Å². The summed E-state index contributed by atoms with van der Waals surface area (Å²) in [6.07, 6.45) is 16.3. The molecular formula is C17H39Cl2NSiZr-8. The number of allylic oxidation sites excluding steroid dienone is 4. The van der Waals surface area contributed by atoms with Gasteiger partial charge in [0.15, 0.2) is 0 Å². The van der Waals surface area contributed by atoms with Gasteiger partial charge in [-0.15, -0.1) is 37.3 Å². The summed E-state index contributed by atoms with van der Waals surface area (Å²) in [6, 6.07) is 0.286. The molecule has 0 heterocycles. The topological polar surface area (TPSA) is 23.8 Å². The van der Waals surface area contributed by atoms with E-state index in [1.54, 1.807) is 23.3 Å². The molecule has 22 heavy (non-hydrogen) atoms. The summed E-state index contributed by atoms with van der Waals surface area (Å²) in [7, 11) is 0. The van der Waals surface area contributed by atoms with Gasteiger partial charge in [-0.3, -0.25) is 6.08 Å². The van der Waals surface area contributed by atoms with Crippen molar-refractivity contribution in [2.24, 2.45) is 0 Å². The van der Waals surface area contributed by atoms with Crippen LogP contribution in [0.5, 0.6) is 0 Å². The molecule has 2 aliphatic carbocycles. The molecule has 0 spiro atoms. The second kappa shape index (κ2) is 49.5. The van der Waals surface area contributed by atoms with Crippen LogP contribution in [-0.4, -0.2) is 12.9 Å². The molecule has 0 bridgehead atoms. The average Bonchev–Trinajstić information content (AvgIpc) is 2.80. The van der Waals surface area contributed by atoms with Gasteiger partial charge in [-0.25, -0.2) is 12.2 Å². The van der Waals surface area contributed by atoms with Crippen LogP contribution < -0.4 is 0 Å². The molecule has 2 rings (SSSR count). The Morgan fingerprint density at radius 1 is 0.864 bits per heavy atom. The first-order chi connectivity index (χ1) is 6.89. The molecular weight excluding hydrogens is 408 g/mol. The quantitative estimate of drug-likeness (QED) is 0.307. The van der Waals surface area contributed by atoms with Crippen molar-refractivity contribution in [3.63, 3.8) is 0 Å². The van der Waals surface area contributed by atoms with Crippen molar-refractivity contribution >= 4 is 31.7 Å². The van der Waals surface area contributed by atoms with Crippen LogP contribution in [0.4, 0.5) is 0 Å². The van der Waals surface area contributed by atoms with Gasteiger partial charge in [-0.05, 0) is 0 Å². The number of hydrogen-bond donors (Lipinski definition) is 0. The van der Waals surface area contributed by atoms with E-state index in [0.29, 0.717) is 0 Å². The van der Waals surface area contributed by atoms with Gasteiger partial charge < -0.3 is 50.3 Å². The van der Waals surface area contributed by atoms with Gasteiger partial charge >= 0.3 is 30.2 Å². The van der Waals surface area contributed by atoms with Gasteiger partial charge in [0, 0.05) is 0 Å². The molecule has 0 amide bonds. The van der Waals surface area contributed by atoms with Crippen molar-refractivity contribution in [2.45, 2.75) is 44.6 Å². The van der Waals surface area contributed by atoms with E-state index in [2.05, 4.69) is 12.2 Å². The van der Waals surface area contributed by atoms with Crippen molar-refractivity contribution in [1.29, 1.82) is 0 Å². The van der Waals surface area contributed by atoms with E-state index in [0.717, 1.165) is 19.3 Å². The van der Waals surface area contributed by atoms with Gasteiger partial charge in [-0.2, -0.15) is 6.08 Å². The SMILES string of the molecule is Cl.Cl.[C-]1=CC=CC1.[CH3-].[CH3-].[CH3-].[CH3-].[CH3-].[CH3-].[NH-]C1CCCCC1.[SiH2]=[Zr]. The first-order valence-electron chi connectivity index (χ1n) is 5.18. The Morgan fingerprint density at radius 2 is 1.27 bits per heavy atom. The number of hydrogen-bond acceptors (Lipinski definition) is 0. The molecule has 0 aromatic rings. The first-order valence-corrected chi connectivity index (χ1v) is 11.1. The second-order valence-corrected chi connectivity index (χ2v) is 3.34. The van der Waals surface area contributed by atoms with Crippen molar-refractivity contribution in [3.8, 4) is 0 Å². The molecule has 0 radical (unpaired) electrons. The maximum atomic E-state index is 7.27. The Labute approximate surface area is 173 Å². The van der Waals surface area contributed by atoms with Crippen LogP contribution in [0.1, 0.15) is 38.5 Å². The van der Waals surface area contributed by atoms with E-state index in [1.165, 1.54) is 19.3 Å². The first kappa shape index (κ1) is 56.7. The van der Waals surface area contributed by atoms with Crippen LogP contribution in [0, 0.1) is 50.6 Å². The predicted octanol–water partition coefficient (Wildman–Crippen LogP) is 6.30. The zero-order valence-electron chi connectivity index (χ0n) is 15.6. The molecule has 0 aliphatic heterocycles. The predicted molar refractivity (Wildman–Crippen MR) is 114 cm³/mol. The average molecular weight is 448 g/mol. The van der Waals surface area contributed by atoms with E-state index in [9.17, 15) is 0 Å². The molecule has 1 saturated carbocycles. The van der Waals surface area contributed by atoms with Crippen LogP contribution in [0.25, 0.3) is 5.73 Å². The Hall–Kier alpha value is 1.12. The minimum atomic E-state index is 0. The Bertz CT molecular complexity index is 175. The van der Waals surface area contributed by atoms with Crippen molar-refractivity contribution in [1.82, 2.24) is 0 Å². The number of rotatable bonds is 0. The molecule has 0 aromatic carbocycles. The van der Waals surface area contributed by atoms with Crippen LogP contribution in [0.2, 0.25) is 0 Å². The van der Waals surface area contributed by atoms with Crippen molar-refractivity contribution in [2.75, 3.05) is 0 Å². The fourth-order valence-corrected chi connectivity index (χ4v) is 1.44. The van der Waals surface area contributed by atoms with E-state index in [1.807, 2.05) is 19.0 Å². The summed E-state index contributed by atoms with van der Waals surface area (Å²) >= 11 is 1.58. The molecule has 0 saturated heterocycles. The standard InChI is InChI=1S/C6H12N.C5H5.6CH3.2ClH.H2Si.Zr/c7-6-4-2-1-3-5-6;1-2-4-5-3-1;;;;;;;;;;/h6-7H,1-5H2;1-3H,4H2;6*1H3;2*1H;1H2;/q8*-1;;;;. The van der Waals surface area contributed by atoms with E-state index >= 15 is 0 Å². The van der Waals surface area contributed by atoms with Crippen molar-refractivity contribution < 1.29 is 23.3 Å². The Morgan fingerprint density at radius 3 is 1.41 bits per heavy atom. The van der Waals surface area contributed by atoms with Crippen molar-refractivity contribution in [3.05, 3.63) is 74.6 Å². The number of nitrogens with one attached hydrogen (secondary N) is 1. The van der Waals surface area contributed by atoms with Gasteiger partial charge in [0.05, 0.1) is 0 Å². The summed E-state index contributed by atoms with van der Waals surface area (Å²) in [5.41, 5.74) is 7.27. The fourth-order valence-electron chi connectivity index (χ4n) is 1.44. The Kier molecular flexibility index (Phi) is 128. The van der Waals surface area contributed by atoms with E-state index in [4.69, 9.17) is 5.73 Å². The van der Waals surface area contributed by atoms with Crippen LogP contribution >= 0.6 is 24.8 Å². The van der Waals surface area contributed by atoms with E-state index < -0.39 is 0 Å². The zero-order valence-corrected chi connectivity index (χ0v) is 21.1. The molecule has 1 fully saturated rings. The number of halogens is 2. The molecule has 1 nitrogen and oxygen atoms in total. The summed E-state index contributed by atoms with van der Waals surface area (Å²) in [6.45, 7) is 1.95. The summed E-state index contributed by atoms with van der Waals surface area (Å²) in [4.78, 5) is 0. The maximum absolute atomic E-state index is 7.27. The third-order valence-corrected chi connectivity index (χ3v) is 2.19. The van der Waals surface area contributed by atoms with E-state index in [-0.39, 0.29) is 75.4 Å². The summed E-state index contributed by atoms with van der Waals surface area (Å²) < 4.78 is 0.